The monoisotopic (exact) mass is 701 g/mol. The number of aliphatic hydroxyl groups excluding tert-OH is 1. The third kappa shape index (κ3) is 11.8. The summed E-state index contributed by atoms with van der Waals surface area (Å²) in [4.78, 5) is 26.6. The number of amides is 1. The molecule has 1 aliphatic heterocycles. The van der Waals surface area contributed by atoms with Crippen molar-refractivity contribution in [3.63, 3.8) is 0 Å². The van der Waals surface area contributed by atoms with Crippen molar-refractivity contribution in [3.8, 4) is 11.5 Å². The van der Waals surface area contributed by atoms with Gasteiger partial charge in [0.2, 0.25) is 5.91 Å². The highest BCUT2D eigenvalue weighted by Crippen LogP contribution is 2.42. The molecule has 8 heteroatoms. The van der Waals surface area contributed by atoms with Gasteiger partial charge < -0.3 is 29.0 Å². The molecule has 1 aliphatic rings. The SMILES string of the molecule is COC(=O)CCCCCCCCCCCCCCC(=O)N1C[C@H](O)C[C@H]1COC(c1ccccc1)(c1ccc(OC)cc1)c1ccc(OC)cc1. The summed E-state index contributed by atoms with van der Waals surface area (Å²) in [6.07, 6.45) is 14.6. The largest absolute Gasteiger partial charge is 0.497 e. The second kappa shape index (κ2) is 21.5. The van der Waals surface area contributed by atoms with Crippen LogP contribution in [0.3, 0.4) is 0 Å². The number of unbranched alkanes of at least 4 members (excludes halogenated alkanes) is 11. The van der Waals surface area contributed by atoms with Gasteiger partial charge in [-0.25, -0.2) is 0 Å². The number of aliphatic hydroxyl groups is 1. The second-order valence-electron chi connectivity index (χ2n) is 13.7. The van der Waals surface area contributed by atoms with E-state index < -0.39 is 11.7 Å². The van der Waals surface area contributed by atoms with E-state index in [2.05, 4.69) is 12.1 Å². The Hall–Kier alpha value is -3.88. The van der Waals surface area contributed by atoms with Gasteiger partial charge in [0.1, 0.15) is 17.1 Å². The summed E-state index contributed by atoms with van der Waals surface area (Å²) >= 11 is 0. The molecular weight excluding hydrogens is 642 g/mol. The maximum Gasteiger partial charge on any atom is 0.305 e. The van der Waals surface area contributed by atoms with E-state index >= 15 is 0 Å². The standard InChI is InChI=1S/C43H59NO7/c1-48-39-27-23-35(24-28-39)43(34-19-15-14-16-20-34,36-25-29-40(49-2)30-26-36)51-33-37-31-38(45)32-44(37)41(46)21-17-12-10-8-6-4-5-7-9-11-13-18-22-42(47)50-3/h14-16,19-20,23-30,37-38,45H,4-13,17-18,21-22,31-33H2,1-3H3/t37-,38+/m0/s1. The number of rotatable bonds is 23. The van der Waals surface area contributed by atoms with Crippen LogP contribution in [0.2, 0.25) is 0 Å². The predicted octanol–water partition coefficient (Wildman–Crippen LogP) is 8.61. The Morgan fingerprint density at radius 2 is 1.10 bits per heavy atom. The number of carbonyl (C=O) groups excluding carboxylic acids is 2. The lowest BCUT2D eigenvalue weighted by atomic mass is 9.80. The van der Waals surface area contributed by atoms with Crippen LogP contribution in [-0.4, -0.2) is 68.5 Å². The molecule has 8 nitrogen and oxygen atoms in total. The maximum absolute atomic E-state index is 13.5. The molecule has 1 heterocycles. The average Bonchev–Trinajstić information content (AvgIpc) is 3.56. The lowest BCUT2D eigenvalue weighted by Crippen LogP contribution is -2.42. The first-order valence-electron chi connectivity index (χ1n) is 18.9. The van der Waals surface area contributed by atoms with Gasteiger partial charge >= 0.3 is 5.97 Å². The van der Waals surface area contributed by atoms with Gasteiger partial charge in [-0.2, -0.15) is 0 Å². The topological polar surface area (TPSA) is 94.5 Å². The molecule has 3 aromatic rings. The fraction of sp³-hybridized carbons (Fsp3) is 0.535. The number of hydrogen-bond acceptors (Lipinski definition) is 7. The van der Waals surface area contributed by atoms with E-state index in [1.54, 1.807) is 14.2 Å². The number of hydrogen-bond donors (Lipinski definition) is 1. The van der Waals surface area contributed by atoms with E-state index in [0.717, 1.165) is 60.3 Å². The van der Waals surface area contributed by atoms with Gasteiger partial charge in [-0.1, -0.05) is 119 Å². The van der Waals surface area contributed by atoms with E-state index in [1.165, 1.54) is 52.1 Å². The summed E-state index contributed by atoms with van der Waals surface area (Å²) in [5, 5.41) is 10.7. The number of nitrogens with zero attached hydrogens (tertiary/aromatic N) is 1. The molecule has 1 amide bonds. The Morgan fingerprint density at radius 3 is 1.57 bits per heavy atom. The van der Waals surface area contributed by atoms with E-state index in [-0.39, 0.29) is 24.5 Å². The number of methoxy groups -OCH3 is 3. The van der Waals surface area contributed by atoms with Crippen molar-refractivity contribution in [2.45, 2.75) is 114 Å². The first-order chi connectivity index (χ1) is 24.9. The minimum Gasteiger partial charge on any atom is -0.497 e. The Kier molecular flexibility index (Phi) is 16.8. The third-order valence-electron chi connectivity index (χ3n) is 10.1. The highest BCUT2D eigenvalue weighted by atomic mass is 16.5. The number of esters is 1. The Labute approximate surface area is 305 Å². The second-order valence-corrected chi connectivity index (χ2v) is 13.7. The zero-order valence-corrected chi connectivity index (χ0v) is 31.0. The Bertz CT molecular complexity index is 1380. The molecule has 2 atom stereocenters. The van der Waals surface area contributed by atoms with Crippen LogP contribution in [0.15, 0.2) is 78.9 Å². The van der Waals surface area contributed by atoms with Crippen LogP contribution in [0.1, 0.15) is 113 Å². The number of likely N-dealkylation sites (tertiary alicyclic amines) is 1. The van der Waals surface area contributed by atoms with Crippen LogP contribution >= 0.6 is 0 Å². The lowest BCUT2D eigenvalue weighted by molar-refractivity contribution is -0.140. The predicted molar refractivity (Wildman–Crippen MR) is 201 cm³/mol. The van der Waals surface area contributed by atoms with Crippen LogP contribution in [0.4, 0.5) is 0 Å². The average molecular weight is 702 g/mol. The van der Waals surface area contributed by atoms with Crippen LogP contribution in [0.25, 0.3) is 0 Å². The Balaban J connectivity index is 1.30. The lowest BCUT2D eigenvalue weighted by Gasteiger charge is -2.38. The number of benzene rings is 3. The normalized spacial score (nSPS) is 15.9. The molecule has 0 unspecified atom stereocenters. The van der Waals surface area contributed by atoms with Crippen LogP contribution < -0.4 is 9.47 Å². The molecule has 278 valence electrons. The van der Waals surface area contributed by atoms with E-state index in [1.807, 2.05) is 71.6 Å². The molecule has 0 aromatic heterocycles. The number of ether oxygens (including phenoxy) is 4. The number of carbonyl (C=O) groups is 2. The molecular formula is C43H59NO7. The summed E-state index contributed by atoms with van der Waals surface area (Å²) in [7, 11) is 4.75. The number of β-amino-alcohol motifs (C(OH)–C–C–N with tert-alkyl or cyclic N) is 1. The van der Waals surface area contributed by atoms with Gasteiger partial charge in [0.25, 0.3) is 0 Å². The first kappa shape index (κ1) is 39.9. The third-order valence-corrected chi connectivity index (χ3v) is 10.1. The minimum absolute atomic E-state index is 0.0888. The van der Waals surface area contributed by atoms with Gasteiger partial charge in [0.05, 0.1) is 40.1 Å². The van der Waals surface area contributed by atoms with E-state index in [9.17, 15) is 14.7 Å². The molecule has 0 saturated carbocycles. The molecule has 0 aliphatic carbocycles. The van der Waals surface area contributed by atoms with E-state index in [4.69, 9.17) is 18.9 Å². The minimum atomic E-state index is -0.978. The molecule has 4 rings (SSSR count). The summed E-state index contributed by atoms with van der Waals surface area (Å²) in [6, 6.07) is 25.8. The van der Waals surface area contributed by atoms with Crippen molar-refractivity contribution in [1.82, 2.24) is 4.90 Å². The van der Waals surface area contributed by atoms with Crippen LogP contribution in [0.5, 0.6) is 11.5 Å². The van der Waals surface area contributed by atoms with Gasteiger partial charge in [-0.05, 0) is 60.2 Å². The van der Waals surface area contributed by atoms with Gasteiger partial charge in [0, 0.05) is 19.4 Å². The summed E-state index contributed by atoms with van der Waals surface area (Å²) in [6.45, 7) is 0.602. The molecule has 1 fully saturated rings. The summed E-state index contributed by atoms with van der Waals surface area (Å²) in [5.41, 5.74) is 1.85. The summed E-state index contributed by atoms with van der Waals surface area (Å²) in [5.74, 6) is 1.48. The fourth-order valence-corrected chi connectivity index (χ4v) is 7.21. The molecule has 0 radical (unpaired) electrons. The Morgan fingerprint density at radius 1 is 0.647 bits per heavy atom. The van der Waals surface area contributed by atoms with Crippen LogP contribution in [-0.2, 0) is 24.7 Å². The molecule has 1 saturated heterocycles. The van der Waals surface area contributed by atoms with Gasteiger partial charge in [-0.3, -0.25) is 9.59 Å². The zero-order chi connectivity index (χ0) is 36.3. The molecule has 3 aromatic carbocycles. The smallest absolute Gasteiger partial charge is 0.305 e. The van der Waals surface area contributed by atoms with Crippen molar-refractivity contribution >= 4 is 11.9 Å². The van der Waals surface area contributed by atoms with Crippen molar-refractivity contribution in [2.75, 3.05) is 34.5 Å². The zero-order valence-electron chi connectivity index (χ0n) is 31.0. The molecule has 0 bridgehead atoms. The maximum atomic E-state index is 13.5. The highest BCUT2D eigenvalue weighted by Gasteiger charge is 2.41. The van der Waals surface area contributed by atoms with Crippen molar-refractivity contribution in [3.05, 3.63) is 95.6 Å². The quantitative estimate of drug-likeness (QED) is 0.0601. The van der Waals surface area contributed by atoms with Crippen LogP contribution in [0, 0.1) is 0 Å². The summed E-state index contributed by atoms with van der Waals surface area (Å²) < 4.78 is 22.7. The fourth-order valence-electron chi connectivity index (χ4n) is 7.21. The van der Waals surface area contributed by atoms with Gasteiger partial charge in [-0.15, -0.1) is 0 Å². The highest BCUT2D eigenvalue weighted by molar-refractivity contribution is 5.77. The van der Waals surface area contributed by atoms with Gasteiger partial charge in [0.15, 0.2) is 0 Å². The van der Waals surface area contributed by atoms with Crippen molar-refractivity contribution in [1.29, 1.82) is 0 Å². The first-order valence-corrected chi connectivity index (χ1v) is 18.9. The molecule has 1 N–H and O–H groups in total. The van der Waals surface area contributed by atoms with Crippen molar-refractivity contribution in [2.24, 2.45) is 0 Å². The van der Waals surface area contributed by atoms with E-state index in [0.29, 0.717) is 25.8 Å². The van der Waals surface area contributed by atoms with Crippen molar-refractivity contribution < 1.29 is 33.6 Å². The molecule has 51 heavy (non-hydrogen) atoms. The molecule has 0 spiro atoms.